The molecule has 0 bridgehead atoms. The summed E-state index contributed by atoms with van der Waals surface area (Å²) in [6.45, 7) is 2.09. The van der Waals surface area contributed by atoms with Gasteiger partial charge in [-0.15, -0.1) is 0 Å². The third-order valence-electron chi connectivity index (χ3n) is 4.85. The van der Waals surface area contributed by atoms with Gasteiger partial charge in [0.25, 0.3) is 10.0 Å². The second-order valence-corrected chi connectivity index (χ2v) is 11.0. The number of anilines is 1. The third-order valence-corrected chi connectivity index (χ3v) is 7.99. The lowest BCUT2D eigenvalue weighted by Gasteiger charge is -2.24. The van der Waals surface area contributed by atoms with Crippen LogP contribution in [0.25, 0.3) is 0 Å². The number of nitrogens with zero attached hydrogens (tertiary/aromatic N) is 1. The number of benzene rings is 3. The first-order valence-corrected chi connectivity index (χ1v) is 13.6. The lowest BCUT2D eigenvalue weighted by Crippen LogP contribution is -2.41. The summed E-state index contributed by atoms with van der Waals surface area (Å²) in [4.78, 5) is 12.8. The van der Waals surface area contributed by atoms with Gasteiger partial charge >= 0.3 is 0 Å². The lowest BCUT2D eigenvalue weighted by molar-refractivity contribution is -0.119. The minimum atomic E-state index is -3.88. The lowest BCUT2D eigenvalue weighted by atomic mass is 10.2. The molecule has 0 saturated heterocycles. The number of halogens is 1. The van der Waals surface area contributed by atoms with E-state index in [0.29, 0.717) is 12.2 Å². The van der Waals surface area contributed by atoms with Crippen molar-refractivity contribution in [2.45, 2.75) is 24.0 Å². The van der Waals surface area contributed by atoms with Crippen LogP contribution in [0.3, 0.4) is 0 Å². The van der Waals surface area contributed by atoms with Gasteiger partial charge in [-0.2, -0.15) is 11.8 Å². The molecule has 0 radical (unpaired) electrons. The quantitative estimate of drug-likeness (QED) is 0.362. The zero-order valence-corrected chi connectivity index (χ0v) is 20.8. The van der Waals surface area contributed by atoms with Gasteiger partial charge in [-0.05, 0) is 66.6 Å². The van der Waals surface area contributed by atoms with E-state index in [-0.39, 0.29) is 17.3 Å². The molecule has 0 aliphatic heterocycles. The van der Waals surface area contributed by atoms with Gasteiger partial charge in [0.15, 0.2) is 0 Å². The van der Waals surface area contributed by atoms with E-state index in [0.717, 1.165) is 34.1 Å². The van der Waals surface area contributed by atoms with E-state index < -0.39 is 10.0 Å². The van der Waals surface area contributed by atoms with Crippen molar-refractivity contribution in [2.75, 3.05) is 23.1 Å². The molecule has 5 nitrogen and oxygen atoms in total. The number of hydrogen-bond acceptors (Lipinski definition) is 4. The van der Waals surface area contributed by atoms with E-state index in [4.69, 9.17) is 11.6 Å². The summed E-state index contributed by atoms with van der Waals surface area (Å²) >= 11 is 7.77. The zero-order valence-electron chi connectivity index (χ0n) is 18.4. The van der Waals surface area contributed by atoms with Gasteiger partial charge in [-0.1, -0.05) is 54.1 Å². The molecule has 33 heavy (non-hydrogen) atoms. The topological polar surface area (TPSA) is 66.5 Å². The Labute approximate surface area is 205 Å². The molecule has 0 spiro atoms. The van der Waals surface area contributed by atoms with Crippen LogP contribution in [0.15, 0.2) is 83.8 Å². The van der Waals surface area contributed by atoms with Crippen molar-refractivity contribution in [1.82, 2.24) is 5.32 Å². The maximum absolute atomic E-state index is 13.3. The molecule has 0 aromatic heterocycles. The van der Waals surface area contributed by atoms with Crippen LogP contribution >= 0.6 is 23.4 Å². The highest BCUT2D eigenvalue weighted by Crippen LogP contribution is 2.24. The second kappa shape index (κ2) is 12.1. The van der Waals surface area contributed by atoms with Gasteiger partial charge in [0, 0.05) is 17.3 Å². The minimum absolute atomic E-state index is 0.150. The third kappa shape index (κ3) is 7.52. The normalized spacial score (nSPS) is 11.2. The molecular formula is C25H27ClN2O3S2. The first-order chi connectivity index (χ1) is 15.9. The average Bonchev–Trinajstić information content (AvgIpc) is 2.80. The summed E-state index contributed by atoms with van der Waals surface area (Å²) in [7, 11) is -3.88. The number of nitrogens with one attached hydrogen (secondary N) is 1. The van der Waals surface area contributed by atoms with E-state index in [1.54, 1.807) is 48.2 Å². The van der Waals surface area contributed by atoms with E-state index in [1.807, 2.05) is 37.3 Å². The predicted molar refractivity (Wildman–Crippen MR) is 137 cm³/mol. The Balaban J connectivity index is 1.56. The molecule has 174 valence electrons. The van der Waals surface area contributed by atoms with Crippen LogP contribution in [-0.2, 0) is 20.6 Å². The summed E-state index contributed by atoms with van der Waals surface area (Å²) in [6, 6.07) is 23.1. The number of hydrogen-bond donors (Lipinski definition) is 1. The fraction of sp³-hybridized carbons (Fsp3) is 0.240. The van der Waals surface area contributed by atoms with Gasteiger partial charge in [-0.3, -0.25) is 9.10 Å². The maximum Gasteiger partial charge on any atom is 0.264 e. The van der Waals surface area contributed by atoms with Crippen LogP contribution < -0.4 is 9.62 Å². The van der Waals surface area contributed by atoms with Crippen LogP contribution in [0.2, 0.25) is 5.02 Å². The molecule has 0 atom stereocenters. The van der Waals surface area contributed by atoms with Crippen LogP contribution in [0.5, 0.6) is 0 Å². The Kier molecular flexibility index (Phi) is 9.23. The van der Waals surface area contributed by atoms with Gasteiger partial charge in [0.2, 0.25) is 5.91 Å². The standard InChI is InChI=1S/C25H27ClN2O3S2/c1-20-8-5-11-23(16-20)28(33(30,31)24-12-3-2-4-13-24)18-25(29)27-14-7-15-32-19-21-9-6-10-22(26)17-21/h2-6,8-13,16-17H,7,14-15,18-19H2,1H3,(H,27,29). The summed E-state index contributed by atoms with van der Waals surface area (Å²) in [5.74, 6) is 1.39. The van der Waals surface area contributed by atoms with Gasteiger partial charge in [0.1, 0.15) is 6.54 Å². The van der Waals surface area contributed by atoms with Gasteiger partial charge in [-0.25, -0.2) is 8.42 Å². The fourth-order valence-corrected chi connectivity index (χ4v) is 5.78. The zero-order chi connectivity index (χ0) is 23.7. The van der Waals surface area contributed by atoms with Crippen molar-refractivity contribution in [3.63, 3.8) is 0 Å². The monoisotopic (exact) mass is 502 g/mol. The molecule has 8 heteroatoms. The number of carbonyl (C=O) groups is 1. The van der Waals surface area contributed by atoms with Crippen LogP contribution in [0, 0.1) is 6.92 Å². The van der Waals surface area contributed by atoms with Crippen molar-refractivity contribution < 1.29 is 13.2 Å². The van der Waals surface area contributed by atoms with Crippen molar-refractivity contribution in [1.29, 1.82) is 0 Å². The second-order valence-electron chi connectivity index (χ2n) is 7.55. The Hall–Kier alpha value is -2.48. The van der Waals surface area contributed by atoms with E-state index in [2.05, 4.69) is 5.32 Å². The highest BCUT2D eigenvalue weighted by Gasteiger charge is 2.27. The molecule has 3 aromatic rings. The van der Waals surface area contributed by atoms with Crippen molar-refractivity contribution in [3.05, 3.63) is 95.0 Å². The predicted octanol–water partition coefficient (Wildman–Crippen LogP) is 5.28. The highest BCUT2D eigenvalue weighted by atomic mass is 35.5. The number of rotatable bonds is 11. The molecule has 0 fully saturated rings. The first-order valence-electron chi connectivity index (χ1n) is 10.6. The number of carbonyl (C=O) groups excluding carboxylic acids is 1. The van der Waals surface area contributed by atoms with Crippen LogP contribution in [0.1, 0.15) is 17.5 Å². The van der Waals surface area contributed by atoms with Crippen LogP contribution in [-0.4, -0.2) is 33.2 Å². The fourth-order valence-electron chi connectivity index (χ4n) is 3.22. The first kappa shape index (κ1) is 25.1. The van der Waals surface area contributed by atoms with E-state index in [1.165, 1.54) is 16.4 Å². The van der Waals surface area contributed by atoms with E-state index in [9.17, 15) is 13.2 Å². The molecular weight excluding hydrogens is 476 g/mol. The van der Waals surface area contributed by atoms with Crippen LogP contribution in [0.4, 0.5) is 5.69 Å². The van der Waals surface area contributed by atoms with Gasteiger partial charge in [0.05, 0.1) is 10.6 Å². The highest BCUT2D eigenvalue weighted by molar-refractivity contribution is 7.98. The summed E-state index contributed by atoms with van der Waals surface area (Å²) in [5.41, 5.74) is 2.54. The molecule has 3 rings (SSSR count). The molecule has 0 saturated carbocycles. The molecule has 3 aromatic carbocycles. The number of aryl methyl sites for hydroxylation is 1. The smallest absolute Gasteiger partial charge is 0.264 e. The largest absolute Gasteiger partial charge is 0.354 e. The summed E-state index contributed by atoms with van der Waals surface area (Å²) < 4.78 is 27.7. The van der Waals surface area contributed by atoms with Crippen molar-refractivity contribution >= 4 is 45.0 Å². The Morgan fingerprint density at radius 2 is 1.76 bits per heavy atom. The molecule has 0 aliphatic carbocycles. The maximum atomic E-state index is 13.3. The SMILES string of the molecule is Cc1cccc(N(CC(=O)NCCCSCc2cccc(Cl)c2)S(=O)(=O)c2ccccc2)c1. The Morgan fingerprint density at radius 1 is 1.00 bits per heavy atom. The molecule has 0 aliphatic rings. The van der Waals surface area contributed by atoms with Gasteiger partial charge < -0.3 is 5.32 Å². The van der Waals surface area contributed by atoms with Crippen molar-refractivity contribution in [3.8, 4) is 0 Å². The number of amides is 1. The summed E-state index contributed by atoms with van der Waals surface area (Å²) in [6.07, 6.45) is 0.785. The molecule has 1 amide bonds. The van der Waals surface area contributed by atoms with E-state index >= 15 is 0 Å². The van der Waals surface area contributed by atoms with Crippen molar-refractivity contribution in [2.24, 2.45) is 0 Å². The molecule has 0 heterocycles. The minimum Gasteiger partial charge on any atom is -0.354 e. The molecule has 0 unspecified atom stereocenters. The number of sulfonamides is 1. The number of thioether (sulfide) groups is 1. The Bertz CT molecular complexity index is 1170. The average molecular weight is 503 g/mol. The summed E-state index contributed by atoms with van der Waals surface area (Å²) in [5, 5.41) is 3.58. The molecule has 1 N–H and O–H groups in total. The Morgan fingerprint density at radius 3 is 2.48 bits per heavy atom.